The molecule has 0 amide bonds. The number of anilines is 1. The lowest BCUT2D eigenvalue weighted by Gasteiger charge is -2.33. The number of likely N-dealkylation sites (N-methyl/N-ethyl adjacent to an activating group) is 1. The van der Waals surface area contributed by atoms with Crippen molar-refractivity contribution < 1.29 is 19.1 Å². The minimum Gasteiger partial charge on any atom is -0.465 e. The molecule has 0 radical (unpaired) electrons. The summed E-state index contributed by atoms with van der Waals surface area (Å²) >= 11 is 0. The molecule has 5 rings (SSSR count). The SMILES string of the molecule is CN1CCN(c2ccc(/C(=C(/CCCOC(=O)C(C)(C)C)c3ccccc3)c3ccc(OC(=O)C(C)(C)C)cc3)cc2)C2CC21. The molecule has 3 aromatic rings. The van der Waals surface area contributed by atoms with E-state index in [2.05, 4.69) is 65.4 Å². The van der Waals surface area contributed by atoms with Gasteiger partial charge >= 0.3 is 11.9 Å². The smallest absolute Gasteiger partial charge is 0.316 e. The molecule has 238 valence electrons. The number of hydrogen-bond donors (Lipinski definition) is 0. The highest BCUT2D eigenvalue weighted by atomic mass is 16.5. The minimum atomic E-state index is -0.591. The summed E-state index contributed by atoms with van der Waals surface area (Å²) < 4.78 is 11.3. The Balaban J connectivity index is 1.51. The summed E-state index contributed by atoms with van der Waals surface area (Å²) in [6, 6.07) is 28.5. The van der Waals surface area contributed by atoms with E-state index in [1.807, 2.05) is 71.9 Å². The normalized spacial score (nSPS) is 19.0. The zero-order valence-corrected chi connectivity index (χ0v) is 27.9. The van der Waals surface area contributed by atoms with Crippen LogP contribution >= 0.6 is 0 Å². The van der Waals surface area contributed by atoms with Gasteiger partial charge in [-0.2, -0.15) is 0 Å². The first kappa shape index (κ1) is 32.5. The van der Waals surface area contributed by atoms with Gasteiger partial charge in [0.15, 0.2) is 0 Å². The van der Waals surface area contributed by atoms with Gasteiger partial charge in [-0.05, 0) is 120 Å². The van der Waals surface area contributed by atoms with Crippen molar-refractivity contribution in [2.24, 2.45) is 10.8 Å². The Morgan fingerprint density at radius 1 is 0.733 bits per heavy atom. The molecule has 0 spiro atoms. The van der Waals surface area contributed by atoms with E-state index in [4.69, 9.17) is 9.47 Å². The second kappa shape index (κ2) is 13.2. The van der Waals surface area contributed by atoms with Gasteiger partial charge in [0.05, 0.1) is 17.4 Å². The molecule has 1 aliphatic carbocycles. The maximum atomic E-state index is 12.6. The summed E-state index contributed by atoms with van der Waals surface area (Å²) in [4.78, 5) is 30.0. The van der Waals surface area contributed by atoms with Gasteiger partial charge in [0.25, 0.3) is 0 Å². The third-order valence-corrected chi connectivity index (χ3v) is 8.68. The highest BCUT2D eigenvalue weighted by Crippen LogP contribution is 2.40. The molecule has 1 heterocycles. The molecular weight excluding hydrogens is 560 g/mol. The number of fused-ring (bicyclic) bond motifs is 1. The molecule has 1 saturated heterocycles. The first-order valence-corrected chi connectivity index (χ1v) is 16.2. The Hall–Kier alpha value is -3.90. The lowest BCUT2D eigenvalue weighted by atomic mass is 9.87. The van der Waals surface area contributed by atoms with E-state index in [-0.39, 0.29) is 11.9 Å². The largest absolute Gasteiger partial charge is 0.465 e. The molecule has 0 N–H and O–H groups in total. The van der Waals surface area contributed by atoms with Crippen LogP contribution in [0.3, 0.4) is 0 Å². The summed E-state index contributed by atoms with van der Waals surface area (Å²) in [5, 5.41) is 0. The van der Waals surface area contributed by atoms with E-state index in [1.165, 1.54) is 17.7 Å². The standard InChI is InChI=1S/C39H48N2O4/c1-38(2,3)36(42)44-25-11-14-32(27-12-9-8-10-13-27)35(29-17-21-31(22-18-29)45-37(43)39(4,5)6)28-15-19-30(20-16-28)41-24-23-40(7)33-26-34(33)41/h8-10,12-13,15-22,33-34H,11,14,23-26H2,1-7H3/b35-32+. The zero-order valence-electron chi connectivity index (χ0n) is 27.9. The number of carbonyl (C=O) groups is 2. The fraction of sp³-hybridized carbons (Fsp3) is 0.436. The van der Waals surface area contributed by atoms with Crippen molar-refractivity contribution in [1.82, 2.24) is 4.90 Å². The van der Waals surface area contributed by atoms with Crippen LogP contribution in [0.4, 0.5) is 5.69 Å². The maximum Gasteiger partial charge on any atom is 0.316 e. The summed E-state index contributed by atoms with van der Waals surface area (Å²) in [5.41, 5.74) is 5.71. The molecule has 1 aliphatic heterocycles. The molecule has 6 nitrogen and oxygen atoms in total. The zero-order chi connectivity index (χ0) is 32.4. The number of ether oxygens (including phenoxy) is 2. The number of rotatable bonds is 9. The van der Waals surface area contributed by atoms with Crippen LogP contribution in [-0.4, -0.2) is 55.7 Å². The molecule has 3 aromatic carbocycles. The fourth-order valence-electron chi connectivity index (χ4n) is 5.86. The van der Waals surface area contributed by atoms with E-state index >= 15 is 0 Å². The monoisotopic (exact) mass is 608 g/mol. The second-order valence-corrected chi connectivity index (χ2v) is 14.5. The first-order valence-electron chi connectivity index (χ1n) is 16.2. The number of piperazine rings is 1. The molecule has 6 heteroatoms. The van der Waals surface area contributed by atoms with Crippen molar-refractivity contribution in [2.45, 2.75) is 72.9 Å². The number of carbonyl (C=O) groups excluding carboxylic acids is 2. The molecule has 2 atom stereocenters. The van der Waals surface area contributed by atoms with Crippen molar-refractivity contribution in [1.29, 1.82) is 0 Å². The van der Waals surface area contributed by atoms with Gasteiger partial charge in [-0.1, -0.05) is 54.6 Å². The van der Waals surface area contributed by atoms with Crippen molar-refractivity contribution in [3.05, 3.63) is 95.6 Å². The quantitative estimate of drug-likeness (QED) is 0.107. The topological polar surface area (TPSA) is 59.1 Å². The fourth-order valence-corrected chi connectivity index (χ4v) is 5.86. The van der Waals surface area contributed by atoms with Gasteiger partial charge < -0.3 is 14.4 Å². The predicted octanol–water partition coefficient (Wildman–Crippen LogP) is 7.86. The van der Waals surface area contributed by atoms with E-state index in [0.717, 1.165) is 41.8 Å². The number of benzene rings is 3. The van der Waals surface area contributed by atoms with Gasteiger partial charge in [-0.15, -0.1) is 0 Å². The predicted molar refractivity (Wildman–Crippen MR) is 182 cm³/mol. The Kier molecular flexibility index (Phi) is 9.54. The maximum absolute atomic E-state index is 12.6. The van der Waals surface area contributed by atoms with Crippen LogP contribution < -0.4 is 9.64 Å². The van der Waals surface area contributed by atoms with Crippen molar-refractivity contribution in [2.75, 3.05) is 31.6 Å². The number of hydrogen-bond acceptors (Lipinski definition) is 6. The molecule has 0 aromatic heterocycles. The first-order chi connectivity index (χ1) is 21.3. The molecule has 0 bridgehead atoms. The summed E-state index contributed by atoms with van der Waals surface area (Å²) in [7, 11) is 2.23. The lowest BCUT2D eigenvalue weighted by Crippen LogP contribution is -2.44. The molecular formula is C39H48N2O4. The highest BCUT2D eigenvalue weighted by Gasteiger charge is 2.47. The molecule has 2 fully saturated rings. The number of nitrogens with zero attached hydrogens (tertiary/aromatic N) is 2. The molecule has 2 unspecified atom stereocenters. The number of esters is 2. The van der Waals surface area contributed by atoms with Gasteiger partial charge in [0.1, 0.15) is 5.75 Å². The van der Waals surface area contributed by atoms with Gasteiger partial charge in [-0.3, -0.25) is 14.5 Å². The van der Waals surface area contributed by atoms with E-state index in [0.29, 0.717) is 30.9 Å². The van der Waals surface area contributed by atoms with E-state index in [9.17, 15) is 9.59 Å². The third kappa shape index (κ3) is 7.85. The minimum absolute atomic E-state index is 0.189. The second-order valence-electron chi connectivity index (χ2n) is 14.5. The summed E-state index contributed by atoms with van der Waals surface area (Å²) in [5.74, 6) is 0.0710. The van der Waals surface area contributed by atoms with Crippen LogP contribution in [0.5, 0.6) is 5.75 Å². The van der Waals surface area contributed by atoms with Crippen molar-refractivity contribution in [3.63, 3.8) is 0 Å². The Morgan fingerprint density at radius 2 is 1.33 bits per heavy atom. The molecule has 45 heavy (non-hydrogen) atoms. The van der Waals surface area contributed by atoms with Crippen LogP contribution in [-0.2, 0) is 14.3 Å². The van der Waals surface area contributed by atoms with E-state index in [1.54, 1.807) is 0 Å². The number of allylic oxidation sites excluding steroid dienone is 1. The average molecular weight is 609 g/mol. The van der Waals surface area contributed by atoms with Crippen LogP contribution in [0, 0.1) is 10.8 Å². The van der Waals surface area contributed by atoms with Crippen molar-refractivity contribution in [3.8, 4) is 5.75 Å². The Labute approximate surface area is 269 Å². The lowest BCUT2D eigenvalue weighted by molar-refractivity contribution is -0.153. The molecule has 2 aliphatic rings. The molecule has 1 saturated carbocycles. The van der Waals surface area contributed by atoms with Crippen LogP contribution in [0.15, 0.2) is 78.9 Å². The Morgan fingerprint density at radius 3 is 1.93 bits per heavy atom. The van der Waals surface area contributed by atoms with Crippen LogP contribution in [0.1, 0.15) is 77.5 Å². The Bertz CT molecular complexity index is 1510. The van der Waals surface area contributed by atoms with Gasteiger partial charge in [0.2, 0.25) is 0 Å². The van der Waals surface area contributed by atoms with Crippen molar-refractivity contribution >= 4 is 28.8 Å². The van der Waals surface area contributed by atoms with E-state index < -0.39 is 10.8 Å². The summed E-state index contributed by atoms with van der Waals surface area (Å²) in [6.45, 7) is 13.7. The third-order valence-electron chi connectivity index (χ3n) is 8.68. The van der Waals surface area contributed by atoms with Crippen LogP contribution in [0.25, 0.3) is 11.1 Å². The van der Waals surface area contributed by atoms with Gasteiger partial charge in [-0.25, -0.2) is 0 Å². The van der Waals surface area contributed by atoms with Crippen LogP contribution in [0.2, 0.25) is 0 Å². The van der Waals surface area contributed by atoms with Gasteiger partial charge in [0, 0.05) is 30.9 Å². The highest BCUT2D eigenvalue weighted by molar-refractivity contribution is 5.99. The summed E-state index contributed by atoms with van der Waals surface area (Å²) in [6.07, 6.45) is 2.65. The average Bonchev–Trinajstić information content (AvgIpc) is 3.81.